The molecule has 0 aliphatic carbocycles. The molecule has 2 aromatic carbocycles. The lowest BCUT2D eigenvalue weighted by Crippen LogP contribution is -2.61. The molecule has 1 aromatic heterocycles. The van der Waals surface area contributed by atoms with Crippen LogP contribution < -0.4 is 10.2 Å². The van der Waals surface area contributed by atoms with Crippen molar-refractivity contribution in [3.05, 3.63) is 59.9 Å². The summed E-state index contributed by atoms with van der Waals surface area (Å²) in [5, 5.41) is 7.42. The second-order valence-corrected chi connectivity index (χ2v) is 8.80. The van der Waals surface area contributed by atoms with Crippen molar-refractivity contribution >= 4 is 17.3 Å². The van der Waals surface area contributed by atoms with Crippen molar-refractivity contribution in [2.75, 3.05) is 36.4 Å². The Morgan fingerprint density at radius 1 is 0.939 bits per heavy atom. The molecule has 0 saturated carbocycles. The molecule has 3 heterocycles. The van der Waals surface area contributed by atoms with Crippen LogP contribution in [0.4, 0.5) is 34.9 Å². The second-order valence-electron chi connectivity index (χ2n) is 8.80. The molecule has 6 nitrogen and oxygen atoms in total. The first-order valence-electron chi connectivity index (χ1n) is 10.9. The molecule has 2 saturated heterocycles. The van der Waals surface area contributed by atoms with Crippen molar-refractivity contribution in [2.45, 2.75) is 31.7 Å². The van der Waals surface area contributed by atoms with E-state index in [1.54, 1.807) is 0 Å². The molecule has 33 heavy (non-hydrogen) atoms. The average molecular weight is 460 g/mol. The number of hydrogen-bond donors (Lipinski definition) is 1. The predicted octanol–water partition coefficient (Wildman–Crippen LogP) is 4.52. The van der Waals surface area contributed by atoms with Crippen LogP contribution in [0, 0.1) is 18.6 Å². The van der Waals surface area contributed by atoms with Gasteiger partial charge in [0, 0.05) is 36.6 Å². The van der Waals surface area contributed by atoms with Gasteiger partial charge >= 0.3 is 0 Å². The molecule has 0 amide bonds. The number of nitrogens with one attached hydrogen (secondary N) is 1. The van der Waals surface area contributed by atoms with Gasteiger partial charge in [-0.2, -0.15) is 4.98 Å². The number of halogens is 4. The standard InChI is InChI=1S/C23H24F4N6/c1-15-6-18(29-22-28-14-33(30-22)21-9-16(24)8-17(25)10-21)11-20(7-15)31-4-2-19(3-5-31)32-12-23(26,27)13-32/h6-11,14,19H,2-5,12-13H2,1H3,(H,29,30). The van der Waals surface area contributed by atoms with E-state index in [0.29, 0.717) is 5.95 Å². The van der Waals surface area contributed by atoms with Gasteiger partial charge in [-0.25, -0.2) is 22.2 Å². The molecule has 3 aromatic rings. The van der Waals surface area contributed by atoms with Gasteiger partial charge in [-0.3, -0.25) is 4.90 Å². The molecule has 2 fully saturated rings. The molecular weight excluding hydrogens is 436 g/mol. The van der Waals surface area contributed by atoms with E-state index < -0.39 is 17.6 Å². The van der Waals surface area contributed by atoms with E-state index in [4.69, 9.17) is 0 Å². The Morgan fingerprint density at radius 3 is 2.30 bits per heavy atom. The van der Waals surface area contributed by atoms with Crippen LogP contribution in [0.2, 0.25) is 0 Å². The van der Waals surface area contributed by atoms with Gasteiger partial charge in [0.1, 0.15) is 18.0 Å². The summed E-state index contributed by atoms with van der Waals surface area (Å²) in [4.78, 5) is 8.33. The molecule has 0 atom stereocenters. The number of hydrogen-bond acceptors (Lipinski definition) is 5. The second kappa shape index (κ2) is 8.33. The molecule has 5 rings (SSSR count). The zero-order valence-corrected chi connectivity index (χ0v) is 18.1. The first kappa shape index (κ1) is 21.7. The summed E-state index contributed by atoms with van der Waals surface area (Å²) in [6.07, 6.45) is 3.09. The molecule has 0 unspecified atom stereocenters. The minimum absolute atomic E-state index is 0.127. The van der Waals surface area contributed by atoms with Crippen LogP contribution in [0.15, 0.2) is 42.7 Å². The van der Waals surface area contributed by atoms with Gasteiger partial charge in [0.05, 0.1) is 18.8 Å². The highest BCUT2D eigenvalue weighted by Gasteiger charge is 2.46. The lowest BCUT2D eigenvalue weighted by atomic mass is 9.97. The van der Waals surface area contributed by atoms with Crippen LogP contribution >= 0.6 is 0 Å². The van der Waals surface area contributed by atoms with Gasteiger partial charge < -0.3 is 10.2 Å². The Hall–Kier alpha value is -3.14. The van der Waals surface area contributed by atoms with Crippen molar-refractivity contribution in [2.24, 2.45) is 0 Å². The largest absolute Gasteiger partial charge is 0.371 e. The lowest BCUT2D eigenvalue weighted by molar-refractivity contribution is -0.148. The number of alkyl halides is 2. The summed E-state index contributed by atoms with van der Waals surface area (Å²) in [5.74, 6) is -3.61. The maximum Gasteiger partial charge on any atom is 0.272 e. The van der Waals surface area contributed by atoms with E-state index in [1.807, 2.05) is 24.0 Å². The Morgan fingerprint density at radius 2 is 1.64 bits per heavy atom. The van der Waals surface area contributed by atoms with E-state index in [0.717, 1.165) is 48.9 Å². The van der Waals surface area contributed by atoms with E-state index in [1.165, 1.54) is 23.1 Å². The Balaban J connectivity index is 1.26. The van der Waals surface area contributed by atoms with Crippen LogP contribution in [-0.4, -0.2) is 57.8 Å². The monoisotopic (exact) mass is 460 g/mol. The molecule has 1 N–H and O–H groups in total. The highest BCUT2D eigenvalue weighted by Crippen LogP contribution is 2.33. The fraction of sp³-hybridized carbons (Fsp3) is 0.391. The molecule has 2 aliphatic heterocycles. The lowest BCUT2D eigenvalue weighted by Gasteiger charge is -2.47. The summed E-state index contributed by atoms with van der Waals surface area (Å²) in [5.41, 5.74) is 3.11. The Kier molecular flexibility index (Phi) is 5.48. The van der Waals surface area contributed by atoms with E-state index in [-0.39, 0.29) is 24.8 Å². The molecular formula is C23H24F4N6. The molecule has 2 aliphatic rings. The number of rotatable bonds is 5. The first-order chi connectivity index (χ1) is 15.7. The highest BCUT2D eigenvalue weighted by atomic mass is 19.3. The van der Waals surface area contributed by atoms with E-state index in [9.17, 15) is 17.6 Å². The summed E-state index contributed by atoms with van der Waals surface area (Å²) in [7, 11) is 0. The van der Waals surface area contributed by atoms with Gasteiger partial charge in [0.2, 0.25) is 5.95 Å². The van der Waals surface area contributed by atoms with Gasteiger partial charge in [0.15, 0.2) is 0 Å². The van der Waals surface area contributed by atoms with E-state index >= 15 is 0 Å². The third-order valence-electron chi connectivity index (χ3n) is 6.14. The molecule has 10 heteroatoms. The minimum Gasteiger partial charge on any atom is -0.371 e. The summed E-state index contributed by atoms with van der Waals surface area (Å²) in [6.45, 7) is 3.34. The molecule has 0 bridgehead atoms. The Labute approximate surface area is 188 Å². The predicted molar refractivity (Wildman–Crippen MR) is 117 cm³/mol. The quantitative estimate of drug-likeness (QED) is 0.568. The SMILES string of the molecule is Cc1cc(Nc2ncn(-c3cc(F)cc(F)c3)n2)cc(N2CCC(N3CC(F)(F)C3)CC2)c1. The zero-order chi connectivity index (χ0) is 23.2. The highest BCUT2D eigenvalue weighted by molar-refractivity contribution is 5.64. The van der Waals surface area contributed by atoms with Crippen LogP contribution in [0.3, 0.4) is 0 Å². The van der Waals surface area contributed by atoms with Crippen molar-refractivity contribution < 1.29 is 17.6 Å². The van der Waals surface area contributed by atoms with Crippen molar-refractivity contribution in [3.8, 4) is 5.69 Å². The average Bonchev–Trinajstić information content (AvgIpc) is 3.19. The smallest absolute Gasteiger partial charge is 0.272 e. The third-order valence-corrected chi connectivity index (χ3v) is 6.14. The first-order valence-corrected chi connectivity index (χ1v) is 10.9. The molecule has 174 valence electrons. The summed E-state index contributed by atoms with van der Waals surface area (Å²) < 4.78 is 54.7. The number of nitrogens with zero attached hydrogens (tertiary/aromatic N) is 5. The van der Waals surface area contributed by atoms with Gasteiger partial charge in [0.25, 0.3) is 5.92 Å². The van der Waals surface area contributed by atoms with Crippen molar-refractivity contribution in [3.63, 3.8) is 0 Å². The topological polar surface area (TPSA) is 49.2 Å². The maximum absolute atomic E-state index is 13.5. The third kappa shape index (κ3) is 4.80. The fourth-order valence-corrected chi connectivity index (χ4v) is 4.56. The maximum atomic E-state index is 13.5. The summed E-state index contributed by atoms with van der Waals surface area (Å²) in [6, 6.07) is 9.41. The fourth-order valence-electron chi connectivity index (χ4n) is 4.56. The van der Waals surface area contributed by atoms with Gasteiger partial charge in [-0.15, -0.1) is 5.10 Å². The number of likely N-dealkylation sites (tertiary alicyclic amines) is 1. The molecule has 0 radical (unpaired) electrons. The zero-order valence-electron chi connectivity index (χ0n) is 18.1. The number of benzene rings is 2. The van der Waals surface area contributed by atoms with Crippen LogP contribution in [0.1, 0.15) is 18.4 Å². The number of anilines is 3. The van der Waals surface area contributed by atoms with Crippen molar-refractivity contribution in [1.29, 1.82) is 0 Å². The number of aryl methyl sites for hydroxylation is 1. The Bertz CT molecular complexity index is 1130. The van der Waals surface area contributed by atoms with Crippen LogP contribution in [0.5, 0.6) is 0 Å². The van der Waals surface area contributed by atoms with Crippen LogP contribution in [-0.2, 0) is 0 Å². The van der Waals surface area contributed by atoms with Gasteiger partial charge in [-0.05, 0) is 55.7 Å². The van der Waals surface area contributed by atoms with Crippen molar-refractivity contribution in [1.82, 2.24) is 19.7 Å². The number of piperidine rings is 1. The van der Waals surface area contributed by atoms with Crippen LogP contribution in [0.25, 0.3) is 5.69 Å². The molecule has 0 spiro atoms. The van der Waals surface area contributed by atoms with E-state index in [2.05, 4.69) is 26.4 Å². The van der Waals surface area contributed by atoms with Gasteiger partial charge in [-0.1, -0.05) is 0 Å². The summed E-state index contributed by atoms with van der Waals surface area (Å²) >= 11 is 0. The number of aromatic nitrogens is 3. The minimum atomic E-state index is -2.53. The normalized spacial score (nSPS) is 18.9.